The van der Waals surface area contributed by atoms with Crippen LogP contribution in [-0.2, 0) is 0 Å². The Morgan fingerprint density at radius 3 is 2.60 bits per heavy atom. The molecule has 1 heterocycles. The van der Waals surface area contributed by atoms with Crippen molar-refractivity contribution >= 4 is 0 Å². The number of hydrogen-bond donors (Lipinski definition) is 1. The fourth-order valence-corrected chi connectivity index (χ4v) is 3.46. The number of ether oxygens (including phenoxy) is 1. The van der Waals surface area contributed by atoms with Gasteiger partial charge in [0.2, 0.25) is 0 Å². The van der Waals surface area contributed by atoms with Gasteiger partial charge < -0.3 is 10.1 Å². The van der Waals surface area contributed by atoms with E-state index in [1.807, 2.05) is 13.1 Å². The smallest absolute Gasteiger partial charge is 0.137 e. The molecule has 1 aliphatic rings. The molecule has 0 aromatic carbocycles. The van der Waals surface area contributed by atoms with Gasteiger partial charge in [0.1, 0.15) is 5.75 Å². The standard InChI is InChI=1S/C17H28N2O/c1-4-13-6-8-14(9-7-13)17(18-3)15-10-16(20-5-2)12-19-11-15/h10-14,17-18H,4-9H2,1-3H3. The zero-order valence-corrected chi connectivity index (χ0v) is 13.1. The maximum absolute atomic E-state index is 5.57. The second-order valence-electron chi connectivity index (χ2n) is 5.84. The number of nitrogens with one attached hydrogen (secondary N) is 1. The molecule has 2 rings (SSSR count). The van der Waals surface area contributed by atoms with Gasteiger partial charge in [0.25, 0.3) is 0 Å². The van der Waals surface area contributed by atoms with Crippen molar-refractivity contribution in [3.8, 4) is 5.75 Å². The van der Waals surface area contributed by atoms with Crippen LogP contribution in [0.3, 0.4) is 0 Å². The highest BCUT2D eigenvalue weighted by Gasteiger charge is 2.27. The summed E-state index contributed by atoms with van der Waals surface area (Å²) in [6.45, 7) is 5.02. The minimum absolute atomic E-state index is 0.403. The van der Waals surface area contributed by atoms with E-state index < -0.39 is 0 Å². The molecule has 0 bridgehead atoms. The molecule has 0 radical (unpaired) electrons. The fraction of sp³-hybridized carbons (Fsp3) is 0.706. The summed E-state index contributed by atoms with van der Waals surface area (Å²) in [5, 5.41) is 3.49. The molecule has 3 nitrogen and oxygen atoms in total. The van der Waals surface area contributed by atoms with Crippen LogP contribution in [-0.4, -0.2) is 18.6 Å². The first-order valence-electron chi connectivity index (χ1n) is 8.03. The third-order valence-electron chi connectivity index (χ3n) is 4.66. The second-order valence-corrected chi connectivity index (χ2v) is 5.84. The highest BCUT2D eigenvalue weighted by molar-refractivity contribution is 5.26. The van der Waals surface area contributed by atoms with Gasteiger partial charge in [-0.05, 0) is 50.3 Å². The zero-order chi connectivity index (χ0) is 14.4. The Hall–Kier alpha value is -1.09. The molecule has 1 N–H and O–H groups in total. The first-order chi connectivity index (χ1) is 9.78. The third kappa shape index (κ3) is 3.72. The lowest BCUT2D eigenvalue weighted by Crippen LogP contribution is -2.28. The average molecular weight is 276 g/mol. The topological polar surface area (TPSA) is 34.1 Å². The second kappa shape index (κ2) is 7.63. The summed E-state index contributed by atoms with van der Waals surface area (Å²) in [6.07, 6.45) is 10.5. The normalized spacial score (nSPS) is 24.4. The first kappa shape index (κ1) is 15.3. The van der Waals surface area contributed by atoms with E-state index in [2.05, 4.69) is 30.3 Å². The van der Waals surface area contributed by atoms with Crippen molar-refractivity contribution in [2.45, 2.75) is 52.0 Å². The molecule has 1 aromatic heterocycles. The Kier molecular flexibility index (Phi) is 5.84. The Morgan fingerprint density at radius 1 is 1.25 bits per heavy atom. The highest BCUT2D eigenvalue weighted by atomic mass is 16.5. The van der Waals surface area contributed by atoms with E-state index in [0.717, 1.165) is 17.6 Å². The van der Waals surface area contributed by atoms with Crippen LogP contribution in [0.5, 0.6) is 5.75 Å². The van der Waals surface area contributed by atoms with Crippen molar-refractivity contribution < 1.29 is 4.74 Å². The summed E-state index contributed by atoms with van der Waals surface area (Å²) in [5.41, 5.74) is 1.26. The summed E-state index contributed by atoms with van der Waals surface area (Å²) in [5.74, 6) is 2.55. The van der Waals surface area contributed by atoms with Crippen LogP contribution in [0.2, 0.25) is 0 Å². The largest absolute Gasteiger partial charge is 0.492 e. The van der Waals surface area contributed by atoms with Gasteiger partial charge in [-0.2, -0.15) is 0 Å². The lowest BCUT2D eigenvalue weighted by Gasteiger charge is -2.33. The van der Waals surface area contributed by atoms with E-state index in [1.54, 1.807) is 6.20 Å². The molecule has 0 saturated heterocycles. The molecular weight excluding hydrogens is 248 g/mol. The predicted molar refractivity (Wildman–Crippen MR) is 82.9 cm³/mol. The van der Waals surface area contributed by atoms with Gasteiger partial charge in [0, 0.05) is 12.2 Å². The van der Waals surface area contributed by atoms with Crippen molar-refractivity contribution in [1.29, 1.82) is 0 Å². The van der Waals surface area contributed by atoms with E-state index in [4.69, 9.17) is 4.74 Å². The molecule has 1 aromatic rings. The van der Waals surface area contributed by atoms with Gasteiger partial charge in [-0.15, -0.1) is 0 Å². The summed E-state index contributed by atoms with van der Waals surface area (Å²) in [4.78, 5) is 4.33. The molecule has 1 fully saturated rings. The van der Waals surface area contributed by atoms with Gasteiger partial charge in [-0.3, -0.25) is 4.98 Å². The Morgan fingerprint density at radius 2 is 2.00 bits per heavy atom. The molecule has 1 aliphatic carbocycles. The maximum Gasteiger partial charge on any atom is 0.137 e. The first-order valence-corrected chi connectivity index (χ1v) is 8.03. The third-order valence-corrected chi connectivity index (χ3v) is 4.66. The minimum Gasteiger partial charge on any atom is -0.492 e. The molecule has 0 spiro atoms. The predicted octanol–water partition coefficient (Wildman–Crippen LogP) is 3.96. The zero-order valence-electron chi connectivity index (χ0n) is 13.1. The van der Waals surface area contributed by atoms with Crippen molar-refractivity contribution in [3.63, 3.8) is 0 Å². The SMILES string of the molecule is CCOc1cncc(C(NC)C2CCC(CC)CC2)c1. The average Bonchev–Trinajstić information content (AvgIpc) is 2.49. The van der Waals surface area contributed by atoms with E-state index in [1.165, 1.54) is 37.7 Å². The number of aromatic nitrogens is 1. The van der Waals surface area contributed by atoms with Crippen LogP contribution in [0.15, 0.2) is 18.5 Å². The van der Waals surface area contributed by atoms with Crippen molar-refractivity contribution in [2.24, 2.45) is 11.8 Å². The Labute approximate surface area is 123 Å². The Balaban J connectivity index is 2.06. The maximum atomic E-state index is 5.57. The van der Waals surface area contributed by atoms with E-state index in [9.17, 15) is 0 Å². The number of pyridine rings is 1. The molecule has 1 unspecified atom stereocenters. The molecule has 0 aliphatic heterocycles. The van der Waals surface area contributed by atoms with Crippen LogP contribution in [0, 0.1) is 11.8 Å². The summed E-state index contributed by atoms with van der Waals surface area (Å²) in [7, 11) is 2.06. The van der Waals surface area contributed by atoms with E-state index in [-0.39, 0.29) is 0 Å². The molecule has 3 heteroatoms. The van der Waals surface area contributed by atoms with Crippen molar-refractivity contribution in [3.05, 3.63) is 24.0 Å². The summed E-state index contributed by atoms with van der Waals surface area (Å²) in [6, 6.07) is 2.55. The quantitative estimate of drug-likeness (QED) is 0.854. The number of hydrogen-bond acceptors (Lipinski definition) is 3. The summed E-state index contributed by atoms with van der Waals surface area (Å²) >= 11 is 0. The van der Waals surface area contributed by atoms with Gasteiger partial charge in [0.05, 0.1) is 12.8 Å². The highest BCUT2D eigenvalue weighted by Crippen LogP contribution is 2.38. The van der Waals surface area contributed by atoms with Crippen molar-refractivity contribution in [1.82, 2.24) is 10.3 Å². The van der Waals surface area contributed by atoms with Crippen LogP contribution in [0.4, 0.5) is 0 Å². The van der Waals surface area contributed by atoms with Crippen LogP contribution in [0.25, 0.3) is 0 Å². The molecular formula is C17H28N2O. The van der Waals surface area contributed by atoms with Crippen molar-refractivity contribution in [2.75, 3.05) is 13.7 Å². The van der Waals surface area contributed by atoms with E-state index >= 15 is 0 Å². The molecule has 1 saturated carbocycles. The Bertz CT molecular complexity index is 400. The minimum atomic E-state index is 0.403. The van der Waals surface area contributed by atoms with Crippen LogP contribution < -0.4 is 10.1 Å². The van der Waals surface area contributed by atoms with Gasteiger partial charge >= 0.3 is 0 Å². The lowest BCUT2D eigenvalue weighted by molar-refractivity contribution is 0.223. The molecule has 1 atom stereocenters. The van der Waals surface area contributed by atoms with E-state index in [0.29, 0.717) is 12.6 Å². The number of nitrogens with zero attached hydrogens (tertiary/aromatic N) is 1. The van der Waals surface area contributed by atoms with Crippen LogP contribution in [0.1, 0.15) is 57.6 Å². The van der Waals surface area contributed by atoms with Gasteiger partial charge in [-0.25, -0.2) is 0 Å². The fourth-order valence-electron chi connectivity index (χ4n) is 3.46. The van der Waals surface area contributed by atoms with Gasteiger partial charge in [0.15, 0.2) is 0 Å². The number of rotatable bonds is 6. The lowest BCUT2D eigenvalue weighted by atomic mass is 9.76. The monoisotopic (exact) mass is 276 g/mol. The molecule has 112 valence electrons. The summed E-state index contributed by atoms with van der Waals surface area (Å²) < 4.78 is 5.57. The molecule has 20 heavy (non-hydrogen) atoms. The van der Waals surface area contributed by atoms with Crippen LogP contribution >= 0.6 is 0 Å². The molecule has 0 amide bonds. The van der Waals surface area contributed by atoms with Gasteiger partial charge in [-0.1, -0.05) is 26.2 Å².